The van der Waals surface area contributed by atoms with Crippen LogP contribution >= 0.6 is 0 Å². The van der Waals surface area contributed by atoms with E-state index in [1.807, 2.05) is 30.3 Å². The first-order valence-corrected chi connectivity index (χ1v) is 13.8. The van der Waals surface area contributed by atoms with Gasteiger partial charge in [-0.15, -0.1) is 0 Å². The molecule has 0 aliphatic rings. The molecule has 198 valence electrons. The maximum Gasteiger partial charge on any atom is 0.416 e. The highest BCUT2D eigenvalue weighted by Crippen LogP contribution is 2.36. The minimum absolute atomic E-state index is 0.539. The fourth-order valence-corrected chi connectivity index (χ4v) is 5.10. The van der Waals surface area contributed by atoms with Crippen LogP contribution in [0.4, 0.5) is 13.2 Å². The van der Waals surface area contributed by atoms with E-state index in [1.54, 1.807) is 0 Å². The first-order valence-electron chi connectivity index (χ1n) is 13.8. The summed E-state index contributed by atoms with van der Waals surface area (Å²) in [5.74, 6) is 0. The van der Waals surface area contributed by atoms with Crippen molar-refractivity contribution >= 4 is 21.5 Å². The summed E-state index contributed by atoms with van der Waals surface area (Å²) in [6.45, 7) is 6.91. The molecule has 0 amide bonds. The monoisotopic (exact) mass is 501 g/mol. The van der Waals surface area contributed by atoms with Crippen molar-refractivity contribution in [1.82, 2.24) is 4.90 Å². The molecule has 36 heavy (non-hydrogen) atoms. The van der Waals surface area contributed by atoms with E-state index in [4.69, 9.17) is 0 Å². The third kappa shape index (κ3) is 7.94. The quantitative estimate of drug-likeness (QED) is 0.166. The van der Waals surface area contributed by atoms with Crippen LogP contribution in [0.5, 0.6) is 0 Å². The lowest BCUT2D eigenvalue weighted by Crippen LogP contribution is -2.31. The smallest absolute Gasteiger partial charge is 0.387 e. The highest BCUT2D eigenvalue weighted by Gasteiger charge is 2.30. The van der Waals surface area contributed by atoms with E-state index in [-0.39, 0.29) is 0 Å². The average Bonchev–Trinajstić information content (AvgIpc) is 2.86. The number of aliphatic hydroxyl groups is 1. The lowest BCUT2D eigenvalue weighted by molar-refractivity contribution is -0.137. The van der Waals surface area contributed by atoms with Crippen LogP contribution in [0.1, 0.15) is 95.3 Å². The number of unbranched alkanes of at least 4 members (excludes halogenated alkanes) is 8. The molecule has 1 atom stereocenters. The summed E-state index contributed by atoms with van der Waals surface area (Å²) >= 11 is 0. The molecule has 0 heterocycles. The minimum atomic E-state index is -4.39. The highest BCUT2D eigenvalue weighted by atomic mass is 19.4. The largest absolute Gasteiger partial charge is 0.416 e. The van der Waals surface area contributed by atoms with Crippen molar-refractivity contribution in [3.05, 3.63) is 59.7 Å². The van der Waals surface area contributed by atoms with Gasteiger partial charge in [-0.1, -0.05) is 95.5 Å². The predicted molar refractivity (Wildman–Crippen MR) is 145 cm³/mol. The second-order valence-corrected chi connectivity index (χ2v) is 10.1. The van der Waals surface area contributed by atoms with Crippen molar-refractivity contribution in [2.45, 2.75) is 90.3 Å². The van der Waals surface area contributed by atoms with Gasteiger partial charge in [0, 0.05) is 6.54 Å². The number of alkyl halides is 3. The molecule has 0 saturated heterocycles. The first-order chi connectivity index (χ1) is 17.3. The van der Waals surface area contributed by atoms with E-state index in [9.17, 15) is 18.3 Å². The minimum Gasteiger partial charge on any atom is -0.387 e. The van der Waals surface area contributed by atoms with Gasteiger partial charge >= 0.3 is 6.18 Å². The van der Waals surface area contributed by atoms with E-state index < -0.39 is 17.8 Å². The Hall–Kier alpha value is -2.11. The molecule has 0 spiro atoms. The molecule has 2 nitrogen and oxygen atoms in total. The number of nitrogens with zero attached hydrogens (tertiary/aromatic N) is 1. The van der Waals surface area contributed by atoms with Gasteiger partial charge in [0.2, 0.25) is 0 Å². The summed E-state index contributed by atoms with van der Waals surface area (Å²) in [5.41, 5.74) is 0.144. The number of fused-ring (bicyclic) bond motifs is 3. The number of aliphatic hydroxyl groups excluding tert-OH is 1. The first kappa shape index (κ1) is 28.5. The lowest BCUT2D eigenvalue weighted by atomic mass is 9.93. The van der Waals surface area contributed by atoms with Crippen LogP contribution in [0, 0.1) is 0 Å². The maximum atomic E-state index is 13.4. The molecule has 0 aliphatic carbocycles. The second kappa shape index (κ2) is 14.0. The Morgan fingerprint density at radius 1 is 0.722 bits per heavy atom. The Bertz CT molecular complexity index is 1060. The molecular weight excluding hydrogens is 459 g/mol. The number of halogens is 3. The molecule has 0 fully saturated rings. The van der Waals surface area contributed by atoms with Gasteiger partial charge in [-0.05, 0) is 71.2 Å². The van der Waals surface area contributed by atoms with Crippen molar-refractivity contribution < 1.29 is 18.3 Å². The van der Waals surface area contributed by atoms with Gasteiger partial charge in [-0.2, -0.15) is 13.2 Å². The van der Waals surface area contributed by atoms with Crippen molar-refractivity contribution in [2.75, 3.05) is 19.6 Å². The predicted octanol–water partition coefficient (Wildman–Crippen LogP) is 9.29. The summed E-state index contributed by atoms with van der Waals surface area (Å²) in [5, 5.41) is 14.3. The Labute approximate surface area is 214 Å². The summed E-state index contributed by atoms with van der Waals surface area (Å²) in [6, 6.07) is 13.3. The van der Waals surface area contributed by atoms with Crippen molar-refractivity contribution in [3.63, 3.8) is 0 Å². The SMILES string of the molecule is CCCCCCCN(CCCCCCC)CC(O)c1cc2ccc(C(F)(F)F)cc2c2ccccc12. The van der Waals surface area contributed by atoms with Gasteiger partial charge in [-0.3, -0.25) is 0 Å². The van der Waals surface area contributed by atoms with Gasteiger partial charge in [-0.25, -0.2) is 0 Å². The van der Waals surface area contributed by atoms with Gasteiger partial charge in [0.05, 0.1) is 11.7 Å². The molecule has 3 aromatic rings. The summed E-state index contributed by atoms with van der Waals surface area (Å²) in [6.07, 6.45) is 7.04. The molecule has 0 aliphatic heterocycles. The zero-order valence-corrected chi connectivity index (χ0v) is 21.9. The summed E-state index contributed by atoms with van der Waals surface area (Å²) in [7, 11) is 0. The fourth-order valence-electron chi connectivity index (χ4n) is 5.10. The van der Waals surface area contributed by atoms with Gasteiger partial charge in [0.1, 0.15) is 0 Å². The Balaban J connectivity index is 1.82. The topological polar surface area (TPSA) is 23.5 Å². The molecule has 3 rings (SSSR count). The van der Waals surface area contributed by atoms with Crippen molar-refractivity contribution in [1.29, 1.82) is 0 Å². The third-order valence-electron chi connectivity index (χ3n) is 7.17. The van der Waals surface area contributed by atoms with E-state index in [0.29, 0.717) is 11.9 Å². The molecule has 0 radical (unpaired) electrons. The zero-order chi connectivity index (χ0) is 26.0. The molecule has 1 N–H and O–H groups in total. The van der Waals surface area contributed by atoms with E-state index >= 15 is 0 Å². The van der Waals surface area contributed by atoms with Gasteiger partial charge < -0.3 is 10.0 Å². The lowest BCUT2D eigenvalue weighted by Gasteiger charge is -2.26. The second-order valence-electron chi connectivity index (χ2n) is 10.1. The standard InChI is InChI=1S/C31H42F3NO/c1-3-5-7-9-13-19-35(20-14-10-8-6-4-2)23-30(36)29-21-24-17-18-25(31(32,33)34)22-28(24)26-15-11-12-16-27(26)29/h11-12,15-18,21-22,30,36H,3-10,13-14,19-20,23H2,1-2H3. The van der Waals surface area contributed by atoms with Crippen LogP contribution in [0.3, 0.4) is 0 Å². The highest BCUT2D eigenvalue weighted by molar-refractivity contribution is 6.09. The Morgan fingerprint density at radius 2 is 1.31 bits per heavy atom. The molecule has 0 saturated carbocycles. The summed E-state index contributed by atoms with van der Waals surface area (Å²) in [4.78, 5) is 2.38. The number of benzene rings is 3. The van der Waals surface area contributed by atoms with Crippen LogP contribution in [0.15, 0.2) is 48.5 Å². The van der Waals surface area contributed by atoms with Crippen LogP contribution < -0.4 is 0 Å². The number of rotatable bonds is 15. The van der Waals surface area contributed by atoms with E-state index in [2.05, 4.69) is 18.7 Å². The average molecular weight is 502 g/mol. The molecule has 1 unspecified atom stereocenters. The van der Waals surface area contributed by atoms with Gasteiger partial charge in [0.25, 0.3) is 0 Å². The normalized spacial score (nSPS) is 13.2. The van der Waals surface area contributed by atoms with Gasteiger partial charge in [0.15, 0.2) is 0 Å². The van der Waals surface area contributed by atoms with Crippen molar-refractivity contribution in [2.24, 2.45) is 0 Å². The molecule has 0 bridgehead atoms. The molecule has 5 heteroatoms. The summed E-state index contributed by atoms with van der Waals surface area (Å²) < 4.78 is 40.1. The van der Waals surface area contributed by atoms with Crippen molar-refractivity contribution in [3.8, 4) is 0 Å². The zero-order valence-electron chi connectivity index (χ0n) is 21.9. The Morgan fingerprint density at radius 3 is 1.89 bits per heavy atom. The number of hydrogen-bond acceptors (Lipinski definition) is 2. The fraction of sp³-hybridized carbons (Fsp3) is 0.548. The molecular formula is C31H42F3NO. The van der Waals surface area contributed by atoms with Crippen LogP contribution in [0.25, 0.3) is 21.5 Å². The van der Waals surface area contributed by atoms with Crippen LogP contribution in [-0.2, 0) is 6.18 Å². The third-order valence-corrected chi connectivity index (χ3v) is 7.17. The van der Waals surface area contributed by atoms with E-state index in [1.165, 1.54) is 63.5 Å². The maximum absolute atomic E-state index is 13.4. The van der Waals surface area contributed by atoms with Crippen LogP contribution in [-0.4, -0.2) is 29.6 Å². The Kier molecular flexibility index (Phi) is 11.1. The number of hydrogen-bond donors (Lipinski definition) is 1. The molecule has 0 aromatic heterocycles. The van der Waals surface area contributed by atoms with E-state index in [0.717, 1.165) is 53.7 Å². The van der Waals surface area contributed by atoms with Crippen LogP contribution in [0.2, 0.25) is 0 Å². The molecule has 3 aromatic carbocycles.